The fraction of sp³-hybridized carbons (Fsp3) is 1.00. The van der Waals surface area contributed by atoms with Crippen LogP contribution in [0.2, 0.25) is 0 Å². The maximum atomic E-state index is 10.5. The number of hydrogen-bond donors (Lipinski definition) is 1. The first-order valence-corrected chi connectivity index (χ1v) is 12.7. The monoisotopic (exact) mass is 430 g/mol. The molecule has 0 aromatic carbocycles. The Morgan fingerprint density at radius 2 is 1.11 bits per heavy atom. The molecule has 0 radical (unpaired) electrons. The molecule has 0 saturated heterocycles. The average molecular weight is 431 g/mol. The number of ether oxygens (including phenoxy) is 1. The van der Waals surface area contributed by atoms with Crippen LogP contribution < -0.4 is 29.6 Å². The zero-order valence-electron chi connectivity index (χ0n) is 18.5. The molecular weight excluding hydrogens is 387 g/mol. The quantitative estimate of drug-likeness (QED) is 0.171. The van der Waals surface area contributed by atoms with E-state index < -0.39 is 22.0 Å². The van der Waals surface area contributed by atoms with Crippen molar-refractivity contribution >= 4 is 10.1 Å². The summed E-state index contributed by atoms with van der Waals surface area (Å²) in [6.45, 7) is 2.69. The summed E-state index contributed by atoms with van der Waals surface area (Å²) in [7, 11) is -4.38. The molecule has 1 atom stereocenters. The molecule has 0 rings (SSSR count). The van der Waals surface area contributed by atoms with Gasteiger partial charge in [0, 0.05) is 6.61 Å². The van der Waals surface area contributed by atoms with Gasteiger partial charge in [0.1, 0.15) is 0 Å². The molecule has 0 amide bonds. The van der Waals surface area contributed by atoms with Crippen LogP contribution in [0.5, 0.6) is 0 Å². The first-order valence-electron chi connectivity index (χ1n) is 11.1. The van der Waals surface area contributed by atoms with Crippen LogP contribution in [-0.2, 0) is 14.9 Å². The van der Waals surface area contributed by atoms with E-state index >= 15 is 0 Å². The van der Waals surface area contributed by atoms with Crippen molar-refractivity contribution in [3.63, 3.8) is 0 Å². The minimum atomic E-state index is -4.38. The van der Waals surface area contributed by atoms with Gasteiger partial charge in [0.05, 0.1) is 28.6 Å². The van der Waals surface area contributed by atoms with E-state index in [0.717, 1.165) is 12.8 Å². The van der Waals surface area contributed by atoms with Crippen molar-refractivity contribution in [2.45, 2.75) is 116 Å². The van der Waals surface area contributed by atoms with Gasteiger partial charge >= 0.3 is 29.6 Å². The fourth-order valence-electron chi connectivity index (χ4n) is 3.26. The van der Waals surface area contributed by atoms with E-state index in [1.165, 1.54) is 89.9 Å². The minimum absolute atomic E-state index is 0. The standard InChI is InChI=1S/C21H44O5S.Na/c1-2-3-4-5-6-7-8-9-10-11-12-13-14-15-16-17-18-26-19-21(22)20-27(23,24)25;/h21-22H,2-20H2,1H3,(H,23,24,25);/q;+1/p-1. The third kappa shape index (κ3) is 26.8. The van der Waals surface area contributed by atoms with Gasteiger partial charge in [0.25, 0.3) is 0 Å². The molecule has 0 saturated carbocycles. The second kappa shape index (κ2) is 22.5. The predicted molar refractivity (Wildman–Crippen MR) is 111 cm³/mol. The summed E-state index contributed by atoms with van der Waals surface area (Å²) in [5, 5.41) is 9.32. The molecule has 0 aliphatic heterocycles. The molecule has 164 valence electrons. The van der Waals surface area contributed by atoms with Gasteiger partial charge in [-0.2, -0.15) is 0 Å². The van der Waals surface area contributed by atoms with Crippen LogP contribution in [0.3, 0.4) is 0 Å². The van der Waals surface area contributed by atoms with Gasteiger partial charge in [-0.15, -0.1) is 0 Å². The molecular formula is C21H43NaO5S. The SMILES string of the molecule is CCCCCCCCCCCCCCCCCCOCC(O)CS(=O)(=O)[O-].[Na+]. The van der Waals surface area contributed by atoms with Crippen LogP contribution in [0.25, 0.3) is 0 Å². The van der Waals surface area contributed by atoms with Gasteiger partial charge in [-0.3, -0.25) is 0 Å². The molecule has 0 aromatic rings. The van der Waals surface area contributed by atoms with Crippen LogP contribution in [0.1, 0.15) is 110 Å². The van der Waals surface area contributed by atoms with Crippen LogP contribution >= 0.6 is 0 Å². The van der Waals surface area contributed by atoms with E-state index in [2.05, 4.69) is 6.92 Å². The Bertz CT molecular complexity index is 404. The van der Waals surface area contributed by atoms with Crippen molar-refractivity contribution in [3.8, 4) is 0 Å². The molecule has 0 aliphatic carbocycles. The van der Waals surface area contributed by atoms with Crippen molar-refractivity contribution in [1.29, 1.82) is 0 Å². The molecule has 0 fully saturated rings. The number of hydrogen-bond acceptors (Lipinski definition) is 5. The Labute approximate surface area is 196 Å². The van der Waals surface area contributed by atoms with Gasteiger partial charge in [0.2, 0.25) is 0 Å². The van der Waals surface area contributed by atoms with Crippen molar-refractivity contribution in [2.75, 3.05) is 19.0 Å². The van der Waals surface area contributed by atoms with Crippen LogP contribution in [0, 0.1) is 0 Å². The molecule has 1 unspecified atom stereocenters. The van der Waals surface area contributed by atoms with E-state index in [1.54, 1.807) is 0 Å². The smallest absolute Gasteiger partial charge is 0.748 e. The molecule has 0 aromatic heterocycles. The average Bonchev–Trinajstić information content (AvgIpc) is 2.59. The van der Waals surface area contributed by atoms with Crippen molar-refractivity contribution < 1.29 is 52.4 Å². The topological polar surface area (TPSA) is 86.7 Å². The third-order valence-corrected chi connectivity index (χ3v) is 5.64. The fourth-order valence-corrected chi connectivity index (χ4v) is 3.82. The molecule has 7 heteroatoms. The molecule has 28 heavy (non-hydrogen) atoms. The van der Waals surface area contributed by atoms with Gasteiger partial charge in [-0.1, -0.05) is 103 Å². The van der Waals surface area contributed by atoms with E-state index in [0.29, 0.717) is 6.61 Å². The van der Waals surface area contributed by atoms with Gasteiger partial charge in [-0.05, 0) is 6.42 Å². The Balaban J connectivity index is 0. The van der Waals surface area contributed by atoms with Crippen molar-refractivity contribution in [1.82, 2.24) is 0 Å². The zero-order valence-corrected chi connectivity index (χ0v) is 21.3. The predicted octanol–water partition coefficient (Wildman–Crippen LogP) is 2.17. The summed E-state index contributed by atoms with van der Waals surface area (Å²) in [6, 6.07) is 0. The van der Waals surface area contributed by atoms with Crippen LogP contribution in [0.4, 0.5) is 0 Å². The molecule has 0 aliphatic rings. The second-order valence-corrected chi connectivity index (χ2v) is 9.21. The van der Waals surface area contributed by atoms with Gasteiger partial charge < -0.3 is 14.4 Å². The first kappa shape index (κ1) is 31.0. The molecule has 0 spiro atoms. The van der Waals surface area contributed by atoms with Crippen LogP contribution in [-0.4, -0.2) is 43.1 Å². The van der Waals surface area contributed by atoms with Gasteiger partial charge in [0.15, 0.2) is 0 Å². The molecule has 0 heterocycles. The number of aliphatic hydroxyl groups is 1. The number of aliphatic hydroxyl groups excluding tert-OH is 1. The maximum absolute atomic E-state index is 10.5. The summed E-state index contributed by atoms with van der Waals surface area (Å²) in [6.07, 6.45) is 19.8. The molecule has 1 N–H and O–H groups in total. The van der Waals surface area contributed by atoms with Crippen LogP contribution in [0.15, 0.2) is 0 Å². The van der Waals surface area contributed by atoms with E-state index in [-0.39, 0.29) is 36.2 Å². The molecule has 0 bridgehead atoms. The van der Waals surface area contributed by atoms with Crippen molar-refractivity contribution in [3.05, 3.63) is 0 Å². The largest absolute Gasteiger partial charge is 1.00 e. The van der Waals surface area contributed by atoms with E-state index in [1.807, 2.05) is 0 Å². The first-order chi connectivity index (χ1) is 13.0. The zero-order chi connectivity index (χ0) is 20.2. The normalized spacial score (nSPS) is 12.7. The Morgan fingerprint density at radius 1 is 0.750 bits per heavy atom. The third-order valence-electron chi connectivity index (χ3n) is 4.85. The maximum Gasteiger partial charge on any atom is 1.00 e. The summed E-state index contributed by atoms with van der Waals surface area (Å²) in [5.74, 6) is -0.772. The molecule has 5 nitrogen and oxygen atoms in total. The van der Waals surface area contributed by atoms with Crippen molar-refractivity contribution in [2.24, 2.45) is 0 Å². The van der Waals surface area contributed by atoms with E-state index in [4.69, 9.17) is 4.74 Å². The number of rotatable bonds is 21. The van der Waals surface area contributed by atoms with E-state index in [9.17, 15) is 18.1 Å². The Hall–Kier alpha value is 0.830. The summed E-state index contributed by atoms with van der Waals surface area (Å²) in [4.78, 5) is 0. The number of unbranched alkanes of at least 4 members (excludes halogenated alkanes) is 15. The minimum Gasteiger partial charge on any atom is -0.748 e. The Morgan fingerprint density at radius 3 is 1.46 bits per heavy atom. The summed E-state index contributed by atoms with van der Waals surface area (Å²) < 4.78 is 36.6. The van der Waals surface area contributed by atoms with Gasteiger partial charge in [-0.25, -0.2) is 8.42 Å². The summed E-state index contributed by atoms with van der Waals surface area (Å²) >= 11 is 0. The summed E-state index contributed by atoms with van der Waals surface area (Å²) in [5.41, 5.74) is 0. The Kier molecular flexibility index (Phi) is 24.9. The second-order valence-electron chi connectivity index (χ2n) is 7.76.